The van der Waals surface area contributed by atoms with Crippen molar-refractivity contribution in [3.8, 4) is 5.75 Å². The predicted octanol–water partition coefficient (Wildman–Crippen LogP) is 4.47. The van der Waals surface area contributed by atoms with E-state index in [0.29, 0.717) is 16.5 Å². The Morgan fingerprint density at radius 2 is 1.95 bits per heavy atom. The molecule has 21 heavy (non-hydrogen) atoms. The average Bonchev–Trinajstić information content (AvgIpc) is 2.48. The standard InChI is InChI=1S/C16H16ClNO2S/c1-11(21-13-6-4-3-5-7-13)16(19)18-12-8-9-15(20-2)14(17)10-12/h3-11H,1-2H3,(H,18,19)/t11-/m1/s1. The van der Waals surface area contributed by atoms with Crippen molar-refractivity contribution in [2.45, 2.75) is 17.1 Å². The molecule has 110 valence electrons. The van der Waals surface area contributed by atoms with Gasteiger partial charge in [0.2, 0.25) is 5.91 Å². The Bertz CT molecular complexity index is 619. The van der Waals surface area contributed by atoms with Crippen molar-refractivity contribution in [2.24, 2.45) is 0 Å². The highest BCUT2D eigenvalue weighted by Crippen LogP contribution is 2.28. The number of methoxy groups -OCH3 is 1. The van der Waals surface area contributed by atoms with Crippen LogP contribution >= 0.6 is 23.4 Å². The molecule has 5 heteroatoms. The maximum Gasteiger partial charge on any atom is 0.237 e. The highest BCUT2D eigenvalue weighted by atomic mass is 35.5. The van der Waals surface area contributed by atoms with Crippen LogP contribution < -0.4 is 10.1 Å². The summed E-state index contributed by atoms with van der Waals surface area (Å²) in [5.41, 5.74) is 0.659. The highest BCUT2D eigenvalue weighted by Gasteiger charge is 2.15. The number of hydrogen-bond acceptors (Lipinski definition) is 3. The summed E-state index contributed by atoms with van der Waals surface area (Å²) >= 11 is 7.55. The van der Waals surface area contributed by atoms with Gasteiger partial charge >= 0.3 is 0 Å². The molecule has 0 saturated heterocycles. The van der Waals surface area contributed by atoms with Crippen LogP contribution in [-0.4, -0.2) is 18.3 Å². The van der Waals surface area contributed by atoms with Crippen molar-refractivity contribution in [3.05, 3.63) is 53.6 Å². The van der Waals surface area contributed by atoms with E-state index < -0.39 is 0 Å². The van der Waals surface area contributed by atoms with E-state index in [1.807, 2.05) is 37.3 Å². The quantitative estimate of drug-likeness (QED) is 0.826. The summed E-state index contributed by atoms with van der Waals surface area (Å²) in [5, 5.41) is 3.12. The molecule has 2 aromatic carbocycles. The molecular formula is C16H16ClNO2S. The second-order valence-electron chi connectivity index (χ2n) is 4.41. The Kier molecular flexibility index (Phi) is 5.53. The molecule has 1 amide bonds. The van der Waals surface area contributed by atoms with Gasteiger partial charge in [-0.3, -0.25) is 4.79 Å². The maximum atomic E-state index is 12.2. The molecule has 0 fully saturated rings. The molecule has 0 aliphatic carbocycles. The topological polar surface area (TPSA) is 38.3 Å². The van der Waals surface area contributed by atoms with Gasteiger partial charge in [-0.15, -0.1) is 11.8 Å². The molecule has 0 spiro atoms. The van der Waals surface area contributed by atoms with E-state index >= 15 is 0 Å². The second-order valence-corrected chi connectivity index (χ2v) is 6.23. The molecule has 1 atom stereocenters. The van der Waals surface area contributed by atoms with Gasteiger partial charge in [0, 0.05) is 10.6 Å². The minimum absolute atomic E-state index is 0.0647. The third-order valence-electron chi connectivity index (χ3n) is 2.84. The molecule has 0 bridgehead atoms. The number of halogens is 1. The fraction of sp³-hybridized carbons (Fsp3) is 0.188. The van der Waals surface area contributed by atoms with Gasteiger partial charge in [0.1, 0.15) is 5.75 Å². The van der Waals surface area contributed by atoms with E-state index in [1.165, 1.54) is 11.8 Å². The van der Waals surface area contributed by atoms with E-state index in [0.717, 1.165) is 4.90 Å². The van der Waals surface area contributed by atoms with Crippen molar-refractivity contribution in [1.29, 1.82) is 0 Å². The molecule has 1 N–H and O–H groups in total. The van der Waals surface area contributed by atoms with Crippen LogP contribution in [0.25, 0.3) is 0 Å². The molecular weight excluding hydrogens is 306 g/mol. The van der Waals surface area contributed by atoms with Crippen molar-refractivity contribution < 1.29 is 9.53 Å². The average molecular weight is 322 g/mol. The molecule has 0 heterocycles. The first-order valence-electron chi connectivity index (χ1n) is 6.46. The number of thioether (sulfide) groups is 1. The maximum absolute atomic E-state index is 12.2. The van der Waals surface area contributed by atoms with Gasteiger partial charge in [0.25, 0.3) is 0 Å². The van der Waals surface area contributed by atoms with Crippen LogP contribution in [0, 0.1) is 0 Å². The third-order valence-corrected chi connectivity index (χ3v) is 4.25. The number of carbonyl (C=O) groups excluding carboxylic acids is 1. The van der Waals surface area contributed by atoms with E-state index in [9.17, 15) is 4.79 Å². The molecule has 0 saturated carbocycles. The lowest BCUT2D eigenvalue weighted by molar-refractivity contribution is -0.115. The number of amides is 1. The van der Waals surface area contributed by atoms with Crippen LogP contribution in [-0.2, 0) is 4.79 Å². The monoisotopic (exact) mass is 321 g/mol. The van der Waals surface area contributed by atoms with Gasteiger partial charge in [-0.25, -0.2) is 0 Å². The predicted molar refractivity (Wildman–Crippen MR) is 88.4 cm³/mol. The zero-order valence-corrected chi connectivity index (χ0v) is 13.4. The Morgan fingerprint density at radius 3 is 2.57 bits per heavy atom. The normalized spacial score (nSPS) is 11.8. The zero-order valence-electron chi connectivity index (χ0n) is 11.8. The lowest BCUT2D eigenvalue weighted by Crippen LogP contribution is -2.22. The summed E-state index contributed by atoms with van der Waals surface area (Å²) < 4.78 is 5.08. The Labute approximate surface area is 133 Å². The van der Waals surface area contributed by atoms with Crippen LogP contribution in [0.3, 0.4) is 0 Å². The fourth-order valence-corrected chi connectivity index (χ4v) is 2.89. The Hall–Kier alpha value is -1.65. The van der Waals surface area contributed by atoms with Crippen LogP contribution in [0.2, 0.25) is 5.02 Å². The second kappa shape index (κ2) is 7.38. The van der Waals surface area contributed by atoms with E-state index in [4.69, 9.17) is 16.3 Å². The number of carbonyl (C=O) groups is 1. The number of rotatable bonds is 5. The smallest absolute Gasteiger partial charge is 0.237 e. The highest BCUT2D eigenvalue weighted by molar-refractivity contribution is 8.00. The van der Waals surface area contributed by atoms with Crippen LogP contribution in [0.1, 0.15) is 6.92 Å². The molecule has 0 aromatic heterocycles. The minimum Gasteiger partial charge on any atom is -0.495 e. The summed E-state index contributed by atoms with van der Waals surface area (Å²) in [6.45, 7) is 1.87. The van der Waals surface area contributed by atoms with E-state index in [1.54, 1.807) is 25.3 Å². The zero-order chi connectivity index (χ0) is 15.2. The van der Waals surface area contributed by atoms with Crippen LogP contribution in [0.4, 0.5) is 5.69 Å². The number of ether oxygens (including phenoxy) is 1. The molecule has 0 aliphatic rings. The van der Waals surface area contributed by atoms with Crippen molar-refractivity contribution in [3.63, 3.8) is 0 Å². The Balaban J connectivity index is 1.99. The molecule has 2 aromatic rings. The SMILES string of the molecule is COc1ccc(NC(=O)[C@@H](C)Sc2ccccc2)cc1Cl. The minimum atomic E-state index is -0.201. The van der Waals surface area contributed by atoms with Gasteiger partial charge in [0.15, 0.2) is 0 Å². The van der Waals surface area contributed by atoms with Crippen LogP contribution in [0.15, 0.2) is 53.4 Å². The van der Waals surface area contributed by atoms with Gasteiger partial charge in [0.05, 0.1) is 17.4 Å². The first kappa shape index (κ1) is 15.7. The third kappa shape index (κ3) is 4.41. The van der Waals surface area contributed by atoms with Gasteiger partial charge in [-0.1, -0.05) is 29.8 Å². The van der Waals surface area contributed by atoms with Gasteiger partial charge < -0.3 is 10.1 Å². The molecule has 0 unspecified atom stereocenters. The van der Waals surface area contributed by atoms with E-state index in [2.05, 4.69) is 5.32 Å². The van der Waals surface area contributed by atoms with Gasteiger partial charge in [-0.05, 0) is 37.3 Å². The Morgan fingerprint density at radius 1 is 1.24 bits per heavy atom. The van der Waals surface area contributed by atoms with E-state index in [-0.39, 0.29) is 11.2 Å². The molecule has 0 radical (unpaired) electrons. The number of anilines is 1. The first-order valence-corrected chi connectivity index (χ1v) is 7.72. The largest absolute Gasteiger partial charge is 0.495 e. The summed E-state index contributed by atoms with van der Waals surface area (Å²) in [6.07, 6.45) is 0. The van der Waals surface area contributed by atoms with Crippen molar-refractivity contribution in [2.75, 3.05) is 12.4 Å². The summed E-state index contributed by atoms with van der Waals surface area (Å²) in [5.74, 6) is 0.520. The lowest BCUT2D eigenvalue weighted by atomic mass is 10.3. The van der Waals surface area contributed by atoms with Crippen molar-refractivity contribution in [1.82, 2.24) is 0 Å². The van der Waals surface area contributed by atoms with Gasteiger partial charge in [-0.2, -0.15) is 0 Å². The lowest BCUT2D eigenvalue weighted by Gasteiger charge is -2.13. The fourth-order valence-electron chi connectivity index (χ4n) is 1.74. The summed E-state index contributed by atoms with van der Waals surface area (Å²) in [6, 6.07) is 15.0. The number of hydrogen-bond donors (Lipinski definition) is 1. The number of nitrogens with one attached hydrogen (secondary N) is 1. The van der Waals surface area contributed by atoms with Crippen molar-refractivity contribution >= 4 is 35.0 Å². The van der Waals surface area contributed by atoms with Crippen LogP contribution in [0.5, 0.6) is 5.75 Å². The molecule has 0 aliphatic heterocycles. The first-order chi connectivity index (χ1) is 10.1. The molecule has 2 rings (SSSR count). The molecule has 3 nitrogen and oxygen atoms in total. The summed E-state index contributed by atoms with van der Waals surface area (Å²) in [7, 11) is 1.55. The summed E-state index contributed by atoms with van der Waals surface area (Å²) in [4.78, 5) is 13.2. The number of benzene rings is 2.